The predicted octanol–water partition coefficient (Wildman–Crippen LogP) is 3.45. The molecule has 1 aliphatic heterocycles. The van der Waals surface area contributed by atoms with E-state index in [-0.39, 0.29) is 21.1 Å². The quantitative estimate of drug-likeness (QED) is 0.214. The number of fused-ring (bicyclic) bond motifs is 11. The fourth-order valence-corrected chi connectivity index (χ4v) is 4.83. The van der Waals surface area contributed by atoms with E-state index in [4.69, 9.17) is 0 Å². The minimum Gasteiger partial charge on any atom is -0.355 e. The molecule has 6 aromatic rings. The van der Waals surface area contributed by atoms with Crippen molar-refractivity contribution in [2.24, 2.45) is 0 Å². The van der Waals surface area contributed by atoms with Crippen molar-refractivity contribution in [2.75, 3.05) is 0 Å². The Kier molecular flexibility index (Phi) is 5.32. The number of aromatic amines is 4. The van der Waals surface area contributed by atoms with Crippen LogP contribution in [0, 0.1) is 0 Å². The Morgan fingerprint density at radius 1 is 0.457 bits per heavy atom. The minimum atomic E-state index is 0. The molecule has 7 rings (SSSR count). The third-order valence-corrected chi connectivity index (χ3v) is 6.40. The van der Waals surface area contributed by atoms with E-state index in [1.54, 1.807) is 0 Å². The molecule has 35 heavy (non-hydrogen) atoms. The van der Waals surface area contributed by atoms with Gasteiger partial charge in [0.2, 0.25) is 0 Å². The van der Waals surface area contributed by atoms with E-state index in [9.17, 15) is 0 Å². The first-order valence-corrected chi connectivity index (χ1v) is 11.4. The topological polar surface area (TPSA) is 63.2 Å². The molecule has 0 fully saturated rings. The van der Waals surface area contributed by atoms with Crippen molar-refractivity contribution < 1.29 is 21.1 Å². The van der Waals surface area contributed by atoms with Crippen LogP contribution in [0.2, 0.25) is 0 Å². The Balaban J connectivity index is 0.00000229. The molecule has 0 spiro atoms. The molecular weight excluding hydrogens is 611 g/mol. The van der Waals surface area contributed by atoms with Gasteiger partial charge < -0.3 is 19.9 Å². The van der Waals surface area contributed by atoms with Crippen LogP contribution < -0.4 is 21.4 Å². The number of nitrogens with one attached hydrogen (secondary N) is 4. The largest absolute Gasteiger partial charge is 0.355 e. The molecule has 5 heterocycles. The van der Waals surface area contributed by atoms with Gasteiger partial charge in [-0.1, -0.05) is 54.6 Å². The summed E-state index contributed by atoms with van der Waals surface area (Å²) < 4.78 is 0. The van der Waals surface area contributed by atoms with E-state index in [1.165, 1.54) is 21.9 Å². The Hall–Kier alpha value is -4.01. The number of rotatable bonds is 1. The zero-order valence-corrected chi connectivity index (χ0v) is 21.0. The maximum absolute atomic E-state index is 3.67. The second-order valence-electron chi connectivity index (χ2n) is 8.73. The summed E-state index contributed by atoms with van der Waals surface area (Å²) in [5, 5.41) is 6.68. The SMILES string of the molecule is C1=c2ccc([nH]2)=Cc2cc(-c3ccccc3)c([nH]2)C=c2[nH]c(c3ccccc23)=Cc2ccc1[nH]2.[Pt]. The standard InChI is InChI=1S/C30H22N4.Pt/c1-2-6-19(7-3-1)27-16-24-15-22-11-10-20(31-22)14-21-12-13-23(32-21)17-28-25-8-4-5-9-26(25)29(34-28)18-30(27)33-24;/h1-18,31-34H;. The molecule has 0 aliphatic carbocycles. The van der Waals surface area contributed by atoms with Crippen LogP contribution in [0.1, 0.15) is 22.8 Å². The second kappa shape index (κ2) is 8.65. The van der Waals surface area contributed by atoms with Crippen molar-refractivity contribution in [2.45, 2.75) is 0 Å². The van der Waals surface area contributed by atoms with E-state index < -0.39 is 0 Å². The van der Waals surface area contributed by atoms with Gasteiger partial charge in [-0.05, 0) is 60.2 Å². The molecule has 2 aromatic carbocycles. The first-order chi connectivity index (χ1) is 16.8. The molecule has 0 saturated heterocycles. The van der Waals surface area contributed by atoms with E-state index in [2.05, 4.69) is 129 Å². The molecule has 172 valence electrons. The van der Waals surface area contributed by atoms with Crippen LogP contribution in [0.25, 0.3) is 46.2 Å². The number of H-pyrrole nitrogens is 4. The Labute approximate surface area is 215 Å². The normalized spacial score (nSPS) is 12.1. The summed E-state index contributed by atoms with van der Waals surface area (Å²) in [5.41, 5.74) is 6.60. The van der Waals surface area contributed by atoms with E-state index >= 15 is 0 Å². The van der Waals surface area contributed by atoms with Gasteiger partial charge in [-0.25, -0.2) is 0 Å². The molecule has 4 aromatic heterocycles. The molecule has 1 aliphatic rings. The van der Waals surface area contributed by atoms with Crippen LogP contribution in [0.15, 0.2) is 84.9 Å². The number of aromatic nitrogens is 4. The summed E-state index contributed by atoms with van der Waals surface area (Å²) in [6.07, 6.45) is 8.68. The number of hydrogen-bond acceptors (Lipinski definition) is 0. The van der Waals surface area contributed by atoms with Gasteiger partial charge in [0.15, 0.2) is 0 Å². The Morgan fingerprint density at radius 2 is 1.09 bits per heavy atom. The van der Waals surface area contributed by atoms with Crippen molar-refractivity contribution in [1.82, 2.24) is 19.9 Å². The van der Waals surface area contributed by atoms with Gasteiger partial charge in [0.1, 0.15) is 0 Å². The summed E-state index contributed by atoms with van der Waals surface area (Å²) in [6, 6.07) is 29.7. The van der Waals surface area contributed by atoms with Crippen LogP contribution in [0.3, 0.4) is 0 Å². The summed E-state index contributed by atoms with van der Waals surface area (Å²) in [6.45, 7) is 0. The van der Waals surface area contributed by atoms with Crippen molar-refractivity contribution in [3.05, 3.63) is 129 Å². The molecule has 0 radical (unpaired) electrons. The minimum absolute atomic E-state index is 0. The van der Waals surface area contributed by atoms with E-state index in [0.717, 1.165) is 44.2 Å². The van der Waals surface area contributed by atoms with Gasteiger partial charge in [-0.2, -0.15) is 0 Å². The van der Waals surface area contributed by atoms with Crippen molar-refractivity contribution in [1.29, 1.82) is 0 Å². The summed E-state index contributed by atoms with van der Waals surface area (Å²) in [7, 11) is 0. The molecule has 0 saturated carbocycles. The Bertz CT molecular complexity index is 1910. The third kappa shape index (κ3) is 3.96. The van der Waals surface area contributed by atoms with Gasteiger partial charge in [-0.15, -0.1) is 0 Å². The average molecular weight is 634 g/mol. The molecular formula is C30H22N4Pt. The first-order valence-electron chi connectivity index (χ1n) is 11.4. The molecule has 8 bridgehead atoms. The third-order valence-electron chi connectivity index (χ3n) is 6.40. The van der Waals surface area contributed by atoms with Crippen molar-refractivity contribution >= 4 is 35.1 Å². The molecule has 4 nitrogen and oxygen atoms in total. The van der Waals surface area contributed by atoms with Crippen LogP contribution in [-0.4, -0.2) is 19.9 Å². The zero-order valence-electron chi connectivity index (χ0n) is 18.7. The fourth-order valence-electron chi connectivity index (χ4n) is 4.83. The van der Waals surface area contributed by atoms with Gasteiger partial charge >= 0.3 is 0 Å². The van der Waals surface area contributed by atoms with Crippen molar-refractivity contribution in [3.63, 3.8) is 0 Å². The average Bonchev–Trinajstić information content (AvgIpc) is 3.64. The number of hydrogen-bond donors (Lipinski definition) is 4. The van der Waals surface area contributed by atoms with Crippen LogP contribution in [-0.2, 0) is 21.1 Å². The van der Waals surface area contributed by atoms with Crippen molar-refractivity contribution in [3.8, 4) is 11.1 Å². The van der Waals surface area contributed by atoms with E-state index in [0.29, 0.717) is 0 Å². The summed E-state index contributed by atoms with van der Waals surface area (Å²) in [4.78, 5) is 14.3. The maximum atomic E-state index is 3.67. The van der Waals surface area contributed by atoms with E-state index in [1.807, 2.05) is 0 Å². The molecule has 0 amide bonds. The van der Waals surface area contributed by atoms with Crippen LogP contribution in [0.4, 0.5) is 0 Å². The fraction of sp³-hybridized carbons (Fsp3) is 0. The first kappa shape index (κ1) is 21.5. The van der Waals surface area contributed by atoms with Crippen LogP contribution >= 0.6 is 0 Å². The smallest absolute Gasteiger partial charge is 0.0485 e. The molecule has 0 unspecified atom stereocenters. The predicted molar refractivity (Wildman–Crippen MR) is 139 cm³/mol. The second-order valence-corrected chi connectivity index (χ2v) is 8.73. The monoisotopic (exact) mass is 633 g/mol. The summed E-state index contributed by atoms with van der Waals surface area (Å²) >= 11 is 0. The maximum Gasteiger partial charge on any atom is 0.0485 e. The molecule has 0 atom stereocenters. The van der Waals surface area contributed by atoms with Gasteiger partial charge in [-0.3, -0.25) is 0 Å². The van der Waals surface area contributed by atoms with Gasteiger partial charge in [0, 0.05) is 81.6 Å². The Morgan fingerprint density at radius 3 is 1.83 bits per heavy atom. The van der Waals surface area contributed by atoms with Crippen LogP contribution in [0.5, 0.6) is 0 Å². The van der Waals surface area contributed by atoms with Gasteiger partial charge in [0.05, 0.1) is 0 Å². The number of benzene rings is 2. The summed E-state index contributed by atoms with van der Waals surface area (Å²) in [5.74, 6) is 0. The zero-order chi connectivity index (χ0) is 22.5. The molecule has 4 N–H and O–H groups in total. The molecule has 5 heteroatoms. The van der Waals surface area contributed by atoms with Gasteiger partial charge in [0.25, 0.3) is 0 Å².